The number of ketones is 1. The number of rotatable bonds is 7. The minimum Gasteiger partial charge on any atom is -0.462 e. The summed E-state index contributed by atoms with van der Waals surface area (Å²) in [6, 6.07) is 5.96. The molecule has 150 valence electrons. The predicted octanol–water partition coefficient (Wildman–Crippen LogP) is 2.20. The summed E-state index contributed by atoms with van der Waals surface area (Å²) in [5.74, 6) is -0.370. The summed E-state index contributed by atoms with van der Waals surface area (Å²) in [4.78, 5) is 36.9. The Morgan fingerprint density at radius 3 is 2.50 bits per heavy atom. The van der Waals surface area contributed by atoms with Gasteiger partial charge in [0.15, 0.2) is 5.78 Å². The number of nitrogens with one attached hydrogen (secondary N) is 1. The number of aromatic amines is 1. The molecule has 28 heavy (non-hydrogen) atoms. The summed E-state index contributed by atoms with van der Waals surface area (Å²) in [7, 11) is 0. The molecule has 0 amide bonds. The summed E-state index contributed by atoms with van der Waals surface area (Å²) in [5, 5.41) is 0. The number of carbonyl (C=O) groups is 2. The maximum Gasteiger partial charge on any atom is 0.340 e. The molecule has 0 aliphatic carbocycles. The van der Waals surface area contributed by atoms with Gasteiger partial charge in [0.2, 0.25) is 0 Å². The van der Waals surface area contributed by atoms with Gasteiger partial charge in [-0.05, 0) is 38.5 Å². The van der Waals surface area contributed by atoms with Gasteiger partial charge in [-0.25, -0.2) is 4.79 Å². The van der Waals surface area contributed by atoms with Gasteiger partial charge in [-0.1, -0.05) is 6.07 Å². The highest BCUT2D eigenvalue weighted by Crippen LogP contribution is 2.20. The standard InChI is InChI=1S/C21H28N4O3/c1-4-28-21(27)19-15(2)20(23-16(19)3)18(26)14-25-11-9-24(10-12-25)13-17-7-5-6-8-22-17/h5-8,23H,4,9-14H2,1-3H3. The van der Waals surface area contributed by atoms with Gasteiger partial charge >= 0.3 is 5.97 Å². The predicted molar refractivity (Wildman–Crippen MR) is 107 cm³/mol. The van der Waals surface area contributed by atoms with E-state index < -0.39 is 0 Å². The molecule has 3 rings (SSSR count). The average molecular weight is 384 g/mol. The molecule has 0 aromatic carbocycles. The second-order valence-corrected chi connectivity index (χ2v) is 7.14. The van der Waals surface area contributed by atoms with Crippen molar-refractivity contribution >= 4 is 11.8 Å². The smallest absolute Gasteiger partial charge is 0.340 e. The third-order valence-corrected chi connectivity index (χ3v) is 5.14. The molecule has 1 fully saturated rings. The second kappa shape index (κ2) is 9.12. The fourth-order valence-electron chi connectivity index (χ4n) is 3.65. The maximum atomic E-state index is 12.8. The van der Waals surface area contributed by atoms with Crippen molar-refractivity contribution < 1.29 is 14.3 Å². The van der Waals surface area contributed by atoms with E-state index >= 15 is 0 Å². The van der Waals surface area contributed by atoms with Crippen molar-refractivity contribution in [3.63, 3.8) is 0 Å². The zero-order chi connectivity index (χ0) is 20.1. The molecule has 0 atom stereocenters. The molecular formula is C21H28N4O3. The molecule has 7 nitrogen and oxygen atoms in total. The van der Waals surface area contributed by atoms with Crippen LogP contribution >= 0.6 is 0 Å². The largest absolute Gasteiger partial charge is 0.462 e. The van der Waals surface area contributed by atoms with Crippen molar-refractivity contribution in [2.45, 2.75) is 27.3 Å². The highest BCUT2D eigenvalue weighted by molar-refractivity contribution is 6.02. The number of piperazine rings is 1. The number of aromatic nitrogens is 2. The Labute approximate surface area is 165 Å². The molecule has 1 saturated heterocycles. The summed E-state index contributed by atoms with van der Waals surface area (Å²) >= 11 is 0. The Bertz CT molecular complexity index is 824. The number of pyridine rings is 1. The van der Waals surface area contributed by atoms with Crippen molar-refractivity contribution in [3.05, 3.63) is 52.6 Å². The summed E-state index contributed by atoms with van der Waals surface area (Å²) in [6.07, 6.45) is 1.81. The number of hydrogen-bond acceptors (Lipinski definition) is 6. The summed E-state index contributed by atoms with van der Waals surface area (Å²) in [5.41, 5.74) is 3.41. The highest BCUT2D eigenvalue weighted by Gasteiger charge is 2.25. The lowest BCUT2D eigenvalue weighted by molar-refractivity contribution is 0.0525. The first-order valence-corrected chi connectivity index (χ1v) is 9.73. The Kier molecular flexibility index (Phi) is 6.59. The van der Waals surface area contributed by atoms with Crippen LogP contribution in [-0.4, -0.2) is 70.9 Å². The number of nitrogens with zero attached hydrogens (tertiary/aromatic N) is 3. The minimum atomic E-state index is -0.379. The molecular weight excluding hydrogens is 356 g/mol. The van der Waals surface area contributed by atoms with Crippen LogP contribution in [0, 0.1) is 13.8 Å². The van der Waals surface area contributed by atoms with Crippen LogP contribution in [0.25, 0.3) is 0 Å². The molecule has 0 radical (unpaired) electrons. The molecule has 2 aromatic heterocycles. The van der Waals surface area contributed by atoms with Gasteiger partial charge in [0, 0.05) is 44.6 Å². The van der Waals surface area contributed by atoms with Crippen molar-refractivity contribution in [1.29, 1.82) is 0 Å². The second-order valence-electron chi connectivity index (χ2n) is 7.14. The van der Waals surface area contributed by atoms with Crippen LogP contribution in [-0.2, 0) is 11.3 Å². The Morgan fingerprint density at radius 1 is 1.14 bits per heavy atom. The number of aryl methyl sites for hydroxylation is 1. The van der Waals surface area contributed by atoms with E-state index in [4.69, 9.17) is 4.74 Å². The van der Waals surface area contributed by atoms with Crippen LogP contribution in [0.2, 0.25) is 0 Å². The number of H-pyrrole nitrogens is 1. The van der Waals surface area contributed by atoms with Crippen LogP contribution in [0.5, 0.6) is 0 Å². The van der Waals surface area contributed by atoms with E-state index in [1.165, 1.54) is 0 Å². The number of carbonyl (C=O) groups excluding carboxylic acids is 2. The van der Waals surface area contributed by atoms with E-state index in [1.807, 2.05) is 24.4 Å². The van der Waals surface area contributed by atoms with Gasteiger partial charge in [-0.3, -0.25) is 19.6 Å². The lowest BCUT2D eigenvalue weighted by atomic mass is 10.1. The van der Waals surface area contributed by atoms with Crippen LogP contribution in [0.3, 0.4) is 0 Å². The van der Waals surface area contributed by atoms with Gasteiger partial charge in [0.05, 0.1) is 30.1 Å². The highest BCUT2D eigenvalue weighted by atomic mass is 16.5. The lowest BCUT2D eigenvalue weighted by Crippen LogP contribution is -2.47. The fraction of sp³-hybridized carbons (Fsp3) is 0.476. The summed E-state index contributed by atoms with van der Waals surface area (Å²) < 4.78 is 5.10. The van der Waals surface area contributed by atoms with Crippen LogP contribution < -0.4 is 0 Å². The van der Waals surface area contributed by atoms with Crippen LogP contribution in [0.1, 0.15) is 44.7 Å². The van der Waals surface area contributed by atoms with Crippen molar-refractivity contribution in [2.75, 3.05) is 39.3 Å². The molecule has 1 aliphatic heterocycles. The molecule has 0 bridgehead atoms. The van der Waals surface area contributed by atoms with E-state index in [0.717, 1.165) is 38.4 Å². The van der Waals surface area contributed by atoms with Gasteiger partial charge < -0.3 is 9.72 Å². The maximum absolute atomic E-state index is 12.8. The van der Waals surface area contributed by atoms with Gasteiger partial charge in [-0.15, -0.1) is 0 Å². The normalized spacial score (nSPS) is 15.5. The third kappa shape index (κ3) is 4.66. The van der Waals surface area contributed by atoms with E-state index in [2.05, 4.69) is 19.8 Å². The number of Topliss-reactive ketones (excluding diaryl/α,β-unsaturated/α-hetero) is 1. The van der Waals surface area contributed by atoms with Crippen molar-refractivity contribution in [3.8, 4) is 0 Å². The quantitative estimate of drug-likeness (QED) is 0.582. The van der Waals surface area contributed by atoms with Crippen LogP contribution in [0.4, 0.5) is 0 Å². The zero-order valence-corrected chi connectivity index (χ0v) is 16.8. The monoisotopic (exact) mass is 384 g/mol. The molecule has 3 heterocycles. The summed E-state index contributed by atoms with van der Waals surface area (Å²) in [6.45, 7) is 10.3. The minimum absolute atomic E-state index is 0.00863. The number of ether oxygens (including phenoxy) is 1. The molecule has 1 aliphatic rings. The SMILES string of the molecule is CCOC(=O)c1c(C)[nH]c(C(=O)CN2CCN(Cc3ccccn3)CC2)c1C. The average Bonchev–Trinajstić information content (AvgIpc) is 2.99. The Balaban J connectivity index is 1.56. The van der Waals surface area contributed by atoms with E-state index in [1.54, 1.807) is 20.8 Å². The van der Waals surface area contributed by atoms with Gasteiger partial charge in [-0.2, -0.15) is 0 Å². The van der Waals surface area contributed by atoms with Crippen molar-refractivity contribution in [1.82, 2.24) is 19.8 Å². The first-order chi connectivity index (χ1) is 13.5. The van der Waals surface area contributed by atoms with Crippen LogP contribution in [0.15, 0.2) is 24.4 Å². The van der Waals surface area contributed by atoms with E-state index in [9.17, 15) is 9.59 Å². The Morgan fingerprint density at radius 2 is 1.86 bits per heavy atom. The van der Waals surface area contributed by atoms with E-state index in [-0.39, 0.29) is 11.8 Å². The molecule has 2 aromatic rings. The van der Waals surface area contributed by atoms with Gasteiger partial charge in [0.25, 0.3) is 0 Å². The van der Waals surface area contributed by atoms with Crippen molar-refractivity contribution in [2.24, 2.45) is 0 Å². The topological polar surface area (TPSA) is 78.5 Å². The third-order valence-electron chi connectivity index (χ3n) is 5.14. The number of esters is 1. The first-order valence-electron chi connectivity index (χ1n) is 9.73. The molecule has 7 heteroatoms. The van der Waals surface area contributed by atoms with E-state index in [0.29, 0.717) is 35.7 Å². The first kappa shape index (κ1) is 20.2. The molecule has 0 unspecified atom stereocenters. The van der Waals surface area contributed by atoms with Gasteiger partial charge in [0.1, 0.15) is 0 Å². The fourth-order valence-corrected chi connectivity index (χ4v) is 3.65. The Hall–Kier alpha value is -2.51. The molecule has 1 N–H and O–H groups in total. The number of hydrogen-bond donors (Lipinski definition) is 1. The lowest BCUT2D eigenvalue weighted by Gasteiger charge is -2.34. The molecule has 0 spiro atoms. The zero-order valence-electron chi connectivity index (χ0n) is 16.8. The molecule has 0 saturated carbocycles.